The van der Waals surface area contributed by atoms with Crippen LogP contribution in [0, 0.1) is 6.92 Å². The Morgan fingerprint density at radius 2 is 2.07 bits per heavy atom. The number of halogens is 1. The summed E-state index contributed by atoms with van der Waals surface area (Å²) in [5, 5.41) is 0. The number of hydrogen-bond acceptors (Lipinski definition) is 2. The standard InChI is InChI=1S/C11H13BrO2/c1-6-8-7(13)4-5-11(2,3)9(8)14-10(6)12/h4-5H2,1-3H3. The molecule has 0 fully saturated rings. The summed E-state index contributed by atoms with van der Waals surface area (Å²) in [6.45, 7) is 6.16. The maximum absolute atomic E-state index is 11.7. The highest BCUT2D eigenvalue weighted by Gasteiger charge is 2.37. The topological polar surface area (TPSA) is 30.2 Å². The molecule has 0 aromatic carbocycles. The molecule has 1 aliphatic carbocycles. The number of hydrogen-bond donors (Lipinski definition) is 0. The van der Waals surface area contributed by atoms with Crippen molar-refractivity contribution in [1.29, 1.82) is 0 Å². The molecular formula is C11H13BrO2. The summed E-state index contributed by atoms with van der Waals surface area (Å²) in [6, 6.07) is 0. The molecule has 0 aliphatic heterocycles. The summed E-state index contributed by atoms with van der Waals surface area (Å²) in [5.74, 6) is 1.06. The number of rotatable bonds is 0. The number of furan rings is 1. The minimum absolute atomic E-state index is 0.0139. The predicted octanol–water partition coefficient (Wildman–Crippen LogP) is 3.60. The Balaban J connectivity index is 2.69. The van der Waals surface area contributed by atoms with Crippen molar-refractivity contribution < 1.29 is 9.21 Å². The van der Waals surface area contributed by atoms with Gasteiger partial charge in [-0.05, 0) is 29.3 Å². The Morgan fingerprint density at radius 3 is 2.64 bits per heavy atom. The van der Waals surface area contributed by atoms with Crippen molar-refractivity contribution in [2.24, 2.45) is 0 Å². The van der Waals surface area contributed by atoms with Crippen LogP contribution >= 0.6 is 15.9 Å². The Bertz CT molecular complexity index is 402. The largest absolute Gasteiger partial charge is 0.453 e. The molecule has 0 radical (unpaired) electrons. The van der Waals surface area contributed by atoms with E-state index in [9.17, 15) is 4.79 Å². The zero-order chi connectivity index (χ0) is 10.5. The molecule has 2 nitrogen and oxygen atoms in total. The highest BCUT2D eigenvalue weighted by atomic mass is 79.9. The summed E-state index contributed by atoms with van der Waals surface area (Å²) in [6.07, 6.45) is 1.50. The van der Waals surface area contributed by atoms with E-state index < -0.39 is 0 Å². The fraction of sp³-hybridized carbons (Fsp3) is 0.545. The first kappa shape index (κ1) is 9.97. The maximum atomic E-state index is 11.7. The van der Waals surface area contributed by atoms with Crippen molar-refractivity contribution in [2.45, 2.75) is 39.0 Å². The van der Waals surface area contributed by atoms with E-state index in [4.69, 9.17) is 4.42 Å². The first-order valence-corrected chi connectivity index (χ1v) is 5.55. The molecule has 0 N–H and O–H groups in total. The molecule has 76 valence electrons. The summed E-state index contributed by atoms with van der Waals surface area (Å²) in [7, 11) is 0. The Hall–Kier alpha value is -0.570. The fourth-order valence-electron chi connectivity index (χ4n) is 1.96. The van der Waals surface area contributed by atoms with Crippen molar-refractivity contribution in [2.75, 3.05) is 0 Å². The molecule has 0 saturated heterocycles. The Labute approximate surface area is 91.8 Å². The van der Waals surface area contributed by atoms with E-state index in [0.29, 0.717) is 11.1 Å². The Morgan fingerprint density at radius 1 is 1.43 bits per heavy atom. The van der Waals surface area contributed by atoms with Crippen LogP contribution in [0.15, 0.2) is 9.09 Å². The highest BCUT2D eigenvalue weighted by molar-refractivity contribution is 9.10. The third-order valence-electron chi connectivity index (χ3n) is 2.96. The van der Waals surface area contributed by atoms with Crippen LogP contribution in [-0.4, -0.2) is 5.78 Å². The van der Waals surface area contributed by atoms with E-state index in [2.05, 4.69) is 29.8 Å². The van der Waals surface area contributed by atoms with E-state index in [1.807, 2.05) is 6.92 Å². The SMILES string of the molecule is Cc1c(Br)oc2c1C(=O)CCC2(C)C. The van der Waals surface area contributed by atoms with Gasteiger partial charge in [-0.2, -0.15) is 0 Å². The Kier molecular flexibility index (Phi) is 2.11. The van der Waals surface area contributed by atoms with Gasteiger partial charge in [-0.3, -0.25) is 4.79 Å². The van der Waals surface area contributed by atoms with Gasteiger partial charge in [0, 0.05) is 17.4 Å². The van der Waals surface area contributed by atoms with E-state index in [1.165, 1.54) is 0 Å². The first-order chi connectivity index (χ1) is 6.43. The van der Waals surface area contributed by atoms with Gasteiger partial charge in [-0.15, -0.1) is 0 Å². The van der Waals surface area contributed by atoms with Crippen molar-refractivity contribution in [3.05, 3.63) is 21.6 Å². The van der Waals surface area contributed by atoms with Crippen LogP contribution in [0.4, 0.5) is 0 Å². The van der Waals surface area contributed by atoms with Gasteiger partial charge in [0.2, 0.25) is 0 Å². The molecule has 0 spiro atoms. The van der Waals surface area contributed by atoms with Crippen LogP contribution in [0.25, 0.3) is 0 Å². The lowest BCUT2D eigenvalue weighted by atomic mass is 9.76. The normalized spacial score (nSPS) is 19.6. The van der Waals surface area contributed by atoms with Crippen LogP contribution in [0.2, 0.25) is 0 Å². The number of ketones is 1. The number of carbonyl (C=O) groups is 1. The second-order valence-corrected chi connectivity index (χ2v) is 5.23. The molecular weight excluding hydrogens is 244 g/mol. The highest BCUT2D eigenvalue weighted by Crippen LogP contribution is 2.41. The molecule has 2 rings (SSSR count). The van der Waals surface area contributed by atoms with Gasteiger partial charge in [0.25, 0.3) is 0 Å². The predicted molar refractivity (Wildman–Crippen MR) is 57.7 cm³/mol. The second-order valence-electron chi connectivity index (χ2n) is 4.51. The zero-order valence-electron chi connectivity index (χ0n) is 8.61. The van der Waals surface area contributed by atoms with Gasteiger partial charge < -0.3 is 4.42 Å². The molecule has 0 bridgehead atoms. The van der Waals surface area contributed by atoms with Crippen LogP contribution in [0.3, 0.4) is 0 Å². The van der Waals surface area contributed by atoms with Gasteiger partial charge in [0.15, 0.2) is 10.5 Å². The number of Topliss-reactive ketones (excluding diaryl/α,β-unsaturated/α-hetero) is 1. The maximum Gasteiger partial charge on any atom is 0.173 e. The van der Waals surface area contributed by atoms with E-state index >= 15 is 0 Å². The van der Waals surface area contributed by atoms with Crippen molar-refractivity contribution in [3.8, 4) is 0 Å². The summed E-state index contributed by atoms with van der Waals surface area (Å²) < 4.78 is 6.32. The molecule has 1 aromatic rings. The van der Waals surface area contributed by atoms with Crippen LogP contribution < -0.4 is 0 Å². The zero-order valence-corrected chi connectivity index (χ0v) is 10.2. The lowest BCUT2D eigenvalue weighted by Gasteiger charge is -2.27. The molecule has 3 heteroatoms. The van der Waals surface area contributed by atoms with Gasteiger partial charge in [0.1, 0.15) is 5.76 Å². The number of carbonyl (C=O) groups excluding carboxylic acids is 1. The molecule has 1 aromatic heterocycles. The van der Waals surface area contributed by atoms with Crippen LogP contribution in [0.5, 0.6) is 0 Å². The van der Waals surface area contributed by atoms with E-state index in [-0.39, 0.29) is 11.2 Å². The van der Waals surface area contributed by atoms with E-state index in [1.54, 1.807) is 0 Å². The molecule has 0 saturated carbocycles. The molecule has 1 heterocycles. The van der Waals surface area contributed by atoms with Crippen LogP contribution in [-0.2, 0) is 5.41 Å². The third kappa shape index (κ3) is 1.26. The third-order valence-corrected chi connectivity index (χ3v) is 3.72. The number of fused-ring (bicyclic) bond motifs is 1. The monoisotopic (exact) mass is 256 g/mol. The van der Waals surface area contributed by atoms with E-state index in [0.717, 1.165) is 23.3 Å². The molecule has 1 aliphatic rings. The summed E-state index contributed by atoms with van der Waals surface area (Å²) in [5.41, 5.74) is 1.73. The van der Waals surface area contributed by atoms with Crippen LogP contribution in [0.1, 0.15) is 48.4 Å². The lowest BCUT2D eigenvalue weighted by molar-refractivity contribution is 0.0948. The molecule has 0 amide bonds. The summed E-state index contributed by atoms with van der Waals surface area (Å²) in [4.78, 5) is 11.7. The quantitative estimate of drug-likeness (QED) is 0.710. The average Bonchev–Trinajstić information content (AvgIpc) is 2.39. The molecule has 14 heavy (non-hydrogen) atoms. The van der Waals surface area contributed by atoms with Gasteiger partial charge in [0.05, 0.1) is 5.56 Å². The smallest absolute Gasteiger partial charge is 0.173 e. The average molecular weight is 257 g/mol. The minimum atomic E-state index is -0.0139. The van der Waals surface area contributed by atoms with Crippen molar-refractivity contribution in [3.63, 3.8) is 0 Å². The minimum Gasteiger partial charge on any atom is -0.453 e. The lowest BCUT2D eigenvalue weighted by Crippen LogP contribution is -2.26. The fourth-order valence-corrected chi connectivity index (χ4v) is 2.32. The van der Waals surface area contributed by atoms with Crippen molar-refractivity contribution >= 4 is 21.7 Å². The van der Waals surface area contributed by atoms with Crippen molar-refractivity contribution in [1.82, 2.24) is 0 Å². The molecule has 0 atom stereocenters. The first-order valence-electron chi connectivity index (χ1n) is 4.76. The van der Waals surface area contributed by atoms with Gasteiger partial charge in [-0.25, -0.2) is 0 Å². The second kappa shape index (κ2) is 2.96. The van der Waals surface area contributed by atoms with Gasteiger partial charge >= 0.3 is 0 Å². The van der Waals surface area contributed by atoms with Gasteiger partial charge in [-0.1, -0.05) is 13.8 Å². The summed E-state index contributed by atoms with van der Waals surface area (Å²) >= 11 is 3.34. The molecule has 0 unspecified atom stereocenters.